The van der Waals surface area contributed by atoms with E-state index in [1.807, 2.05) is 31.2 Å². The van der Waals surface area contributed by atoms with Gasteiger partial charge in [0, 0.05) is 15.8 Å². The lowest BCUT2D eigenvalue weighted by Crippen LogP contribution is -2.26. The van der Waals surface area contributed by atoms with Gasteiger partial charge in [0.15, 0.2) is 0 Å². The van der Waals surface area contributed by atoms with Crippen LogP contribution >= 0.6 is 27.3 Å². The molecule has 1 heterocycles. The first-order valence-corrected chi connectivity index (χ1v) is 8.40. The third kappa shape index (κ3) is 4.46. The van der Waals surface area contributed by atoms with E-state index in [4.69, 9.17) is 0 Å². The zero-order valence-corrected chi connectivity index (χ0v) is 13.8. The average Bonchev–Trinajstić information content (AvgIpc) is 2.92. The minimum Gasteiger partial charge on any atom is -0.350 e. The molecule has 0 aliphatic carbocycles. The Morgan fingerprint density at radius 3 is 2.80 bits per heavy atom. The smallest absolute Gasteiger partial charge is 0.220 e. The van der Waals surface area contributed by atoms with Crippen LogP contribution in [0.4, 0.5) is 0 Å². The molecule has 1 aromatic carbocycles. The fraction of sp³-hybridized carbons (Fsp3) is 0.312. The molecule has 0 radical (unpaired) electrons. The van der Waals surface area contributed by atoms with Crippen molar-refractivity contribution in [1.82, 2.24) is 5.32 Å². The van der Waals surface area contributed by atoms with Crippen molar-refractivity contribution in [3.63, 3.8) is 0 Å². The lowest BCUT2D eigenvalue weighted by Gasteiger charge is -2.15. The van der Waals surface area contributed by atoms with Crippen molar-refractivity contribution in [3.05, 3.63) is 56.7 Å². The molecule has 1 aromatic heterocycles. The highest BCUT2D eigenvalue weighted by atomic mass is 79.9. The summed E-state index contributed by atoms with van der Waals surface area (Å²) in [5.41, 5.74) is 1.11. The molecule has 0 bridgehead atoms. The van der Waals surface area contributed by atoms with Crippen molar-refractivity contribution in [2.45, 2.75) is 32.2 Å². The number of nitrogens with one attached hydrogen (secondary N) is 1. The molecule has 20 heavy (non-hydrogen) atoms. The predicted molar refractivity (Wildman–Crippen MR) is 88.0 cm³/mol. The number of hydrogen-bond acceptors (Lipinski definition) is 2. The van der Waals surface area contributed by atoms with Crippen LogP contribution in [0.1, 0.15) is 36.2 Å². The lowest BCUT2D eigenvalue weighted by molar-refractivity contribution is -0.121. The molecule has 4 heteroatoms. The summed E-state index contributed by atoms with van der Waals surface area (Å²) in [6.45, 7) is 2.01. The maximum atomic E-state index is 11.9. The maximum absolute atomic E-state index is 11.9. The standard InChI is InChI=1S/C16H18BrNOS/c1-12(14-8-2-3-9-15(14)17)18-16(19)10-4-6-13-7-5-11-20-13/h2-3,5,7-9,11-12H,4,6,10H2,1H3,(H,18,19). The fourth-order valence-electron chi connectivity index (χ4n) is 2.10. The van der Waals surface area contributed by atoms with E-state index in [2.05, 4.69) is 38.8 Å². The van der Waals surface area contributed by atoms with Crippen LogP contribution in [0, 0.1) is 0 Å². The second kappa shape index (κ2) is 7.60. The normalized spacial score (nSPS) is 12.1. The van der Waals surface area contributed by atoms with Gasteiger partial charge >= 0.3 is 0 Å². The molecule has 0 saturated heterocycles. The van der Waals surface area contributed by atoms with Crippen molar-refractivity contribution in [2.75, 3.05) is 0 Å². The summed E-state index contributed by atoms with van der Waals surface area (Å²) in [4.78, 5) is 13.3. The van der Waals surface area contributed by atoms with Crippen LogP contribution in [0.2, 0.25) is 0 Å². The van der Waals surface area contributed by atoms with Gasteiger partial charge < -0.3 is 5.32 Å². The molecule has 2 aromatic rings. The summed E-state index contributed by atoms with van der Waals surface area (Å²) in [5.74, 6) is 0.116. The van der Waals surface area contributed by atoms with Crippen molar-refractivity contribution in [2.24, 2.45) is 0 Å². The summed E-state index contributed by atoms with van der Waals surface area (Å²) in [6, 6.07) is 12.2. The Kier molecular flexibility index (Phi) is 5.80. The second-order valence-electron chi connectivity index (χ2n) is 4.74. The van der Waals surface area contributed by atoms with Crippen LogP contribution in [0.5, 0.6) is 0 Å². The molecule has 2 nitrogen and oxygen atoms in total. The van der Waals surface area contributed by atoms with Crippen LogP contribution < -0.4 is 5.32 Å². The molecule has 0 spiro atoms. The number of rotatable bonds is 6. The summed E-state index contributed by atoms with van der Waals surface area (Å²) in [6.07, 6.45) is 2.45. The van der Waals surface area contributed by atoms with Crippen molar-refractivity contribution < 1.29 is 4.79 Å². The van der Waals surface area contributed by atoms with Gasteiger partial charge in [0.25, 0.3) is 0 Å². The van der Waals surface area contributed by atoms with Gasteiger partial charge in [-0.15, -0.1) is 11.3 Å². The molecular weight excluding hydrogens is 334 g/mol. The van der Waals surface area contributed by atoms with Crippen molar-refractivity contribution in [3.8, 4) is 0 Å². The number of carbonyl (C=O) groups excluding carboxylic acids is 1. The van der Waals surface area contributed by atoms with Gasteiger partial charge in [-0.2, -0.15) is 0 Å². The summed E-state index contributed by atoms with van der Waals surface area (Å²) in [7, 11) is 0. The minimum absolute atomic E-state index is 0.0276. The molecule has 0 aliphatic heterocycles. The van der Waals surface area contributed by atoms with Gasteiger partial charge in [0.2, 0.25) is 5.91 Å². The second-order valence-corrected chi connectivity index (χ2v) is 6.63. The zero-order valence-electron chi connectivity index (χ0n) is 11.4. The number of benzene rings is 1. The quantitative estimate of drug-likeness (QED) is 0.801. The third-order valence-electron chi connectivity index (χ3n) is 3.16. The van der Waals surface area contributed by atoms with E-state index in [-0.39, 0.29) is 11.9 Å². The maximum Gasteiger partial charge on any atom is 0.220 e. The molecule has 0 aliphatic rings. The van der Waals surface area contributed by atoms with E-state index < -0.39 is 0 Å². The summed E-state index contributed by atoms with van der Waals surface area (Å²) < 4.78 is 1.03. The number of carbonyl (C=O) groups is 1. The SMILES string of the molecule is CC(NC(=O)CCCc1cccs1)c1ccccc1Br. The largest absolute Gasteiger partial charge is 0.350 e. The molecule has 0 saturated carbocycles. The summed E-state index contributed by atoms with van der Waals surface area (Å²) in [5, 5.41) is 5.13. The first-order valence-electron chi connectivity index (χ1n) is 6.73. The van der Waals surface area contributed by atoms with Gasteiger partial charge in [0.05, 0.1) is 6.04 Å². The van der Waals surface area contributed by atoms with Crippen LogP contribution in [0.3, 0.4) is 0 Å². The number of halogens is 1. The van der Waals surface area contributed by atoms with Crippen LogP contribution in [0.25, 0.3) is 0 Å². The van der Waals surface area contributed by atoms with Gasteiger partial charge in [0.1, 0.15) is 0 Å². The number of aryl methyl sites for hydroxylation is 1. The van der Waals surface area contributed by atoms with Gasteiger partial charge in [-0.25, -0.2) is 0 Å². The Morgan fingerprint density at radius 1 is 1.30 bits per heavy atom. The number of thiophene rings is 1. The van der Waals surface area contributed by atoms with Crippen LogP contribution in [0.15, 0.2) is 46.3 Å². The lowest BCUT2D eigenvalue weighted by atomic mass is 10.1. The molecule has 1 amide bonds. The summed E-state index contributed by atoms with van der Waals surface area (Å²) >= 11 is 5.27. The highest BCUT2D eigenvalue weighted by molar-refractivity contribution is 9.10. The molecular formula is C16H18BrNOS. The van der Waals surface area contributed by atoms with Crippen LogP contribution in [-0.2, 0) is 11.2 Å². The van der Waals surface area contributed by atoms with E-state index in [1.165, 1.54) is 4.88 Å². The molecule has 1 unspecified atom stereocenters. The van der Waals surface area contributed by atoms with Crippen molar-refractivity contribution >= 4 is 33.2 Å². The molecule has 1 atom stereocenters. The predicted octanol–water partition coefficient (Wildman–Crippen LogP) is 4.71. The Labute approximate surface area is 132 Å². The van der Waals surface area contributed by atoms with Gasteiger partial charge in [-0.05, 0) is 42.8 Å². The van der Waals surface area contributed by atoms with E-state index >= 15 is 0 Å². The van der Waals surface area contributed by atoms with E-state index in [9.17, 15) is 4.79 Å². The molecule has 106 valence electrons. The Balaban J connectivity index is 1.78. The Hall–Kier alpha value is -1.13. The number of amides is 1. The van der Waals surface area contributed by atoms with Gasteiger partial charge in [-0.3, -0.25) is 4.79 Å². The Bertz CT molecular complexity index is 553. The Morgan fingerprint density at radius 2 is 2.10 bits per heavy atom. The molecule has 1 N–H and O–H groups in total. The highest BCUT2D eigenvalue weighted by Gasteiger charge is 2.11. The van der Waals surface area contributed by atoms with E-state index in [0.29, 0.717) is 6.42 Å². The average molecular weight is 352 g/mol. The highest BCUT2D eigenvalue weighted by Crippen LogP contribution is 2.22. The monoisotopic (exact) mass is 351 g/mol. The first-order chi connectivity index (χ1) is 9.66. The van der Waals surface area contributed by atoms with E-state index in [0.717, 1.165) is 22.9 Å². The van der Waals surface area contributed by atoms with Crippen molar-refractivity contribution in [1.29, 1.82) is 0 Å². The zero-order chi connectivity index (χ0) is 14.4. The van der Waals surface area contributed by atoms with Gasteiger partial charge in [-0.1, -0.05) is 40.2 Å². The third-order valence-corrected chi connectivity index (χ3v) is 4.81. The molecule has 2 rings (SSSR count). The van der Waals surface area contributed by atoms with E-state index in [1.54, 1.807) is 11.3 Å². The topological polar surface area (TPSA) is 29.1 Å². The fourth-order valence-corrected chi connectivity index (χ4v) is 3.48. The van der Waals surface area contributed by atoms with Crippen LogP contribution in [-0.4, -0.2) is 5.91 Å². The molecule has 0 fully saturated rings. The minimum atomic E-state index is 0.0276. The first kappa shape index (κ1) is 15.3. The number of hydrogen-bond donors (Lipinski definition) is 1.